The minimum Gasteiger partial charge on any atom is -0.397 e. The predicted molar refractivity (Wildman–Crippen MR) is 69.3 cm³/mol. The van der Waals surface area contributed by atoms with Gasteiger partial charge in [0.05, 0.1) is 17.1 Å². The Balaban J connectivity index is 2.37. The van der Waals surface area contributed by atoms with Crippen LogP contribution in [0.1, 0.15) is 12.5 Å². The molecular formula is C14H14N2O. The van der Waals surface area contributed by atoms with Crippen molar-refractivity contribution in [3.8, 4) is 0 Å². The molecule has 0 saturated carbocycles. The quantitative estimate of drug-likeness (QED) is 0.748. The number of nitrogens with zero attached hydrogens (tertiary/aromatic N) is 1. The van der Waals surface area contributed by atoms with Crippen LogP contribution in [0.4, 0.5) is 5.69 Å². The molecule has 3 heteroatoms. The van der Waals surface area contributed by atoms with Crippen LogP contribution in [0.2, 0.25) is 0 Å². The molecule has 17 heavy (non-hydrogen) atoms. The number of carbonyl (C=O) groups excluding carboxylic acids is 1. The molecule has 0 amide bonds. The maximum absolute atomic E-state index is 11.4. The van der Waals surface area contributed by atoms with Gasteiger partial charge < -0.3 is 5.73 Å². The molecule has 0 aromatic heterocycles. The van der Waals surface area contributed by atoms with Gasteiger partial charge in [0, 0.05) is 6.08 Å². The molecule has 1 aromatic carbocycles. The van der Waals surface area contributed by atoms with Crippen molar-refractivity contribution in [2.45, 2.75) is 13.8 Å². The molecule has 1 aliphatic rings. The van der Waals surface area contributed by atoms with E-state index in [2.05, 4.69) is 4.99 Å². The van der Waals surface area contributed by atoms with Gasteiger partial charge in [-0.2, -0.15) is 0 Å². The van der Waals surface area contributed by atoms with Gasteiger partial charge in [-0.3, -0.25) is 4.79 Å². The molecule has 0 fully saturated rings. The summed E-state index contributed by atoms with van der Waals surface area (Å²) >= 11 is 0. The van der Waals surface area contributed by atoms with Gasteiger partial charge in [0.2, 0.25) is 0 Å². The fraction of sp³-hybridized carbons (Fsp3) is 0.143. The predicted octanol–water partition coefficient (Wildman–Crippen LogP) is 2.44. The van der Waals surface area contributed by atoms with Crippen LogP contribution < -0.4 is 5.73 Å². The van der Waals surface area contributed by atoms with Crippen LogP contribution in [0.15, 0.2) is 52.7 Å². The first-order valence-corrected chi connectivity index (χ1v) is 5.42. The molecule has 0 bridgehead atoms. The van der Waals surface area contributed by atoms with Gasteiger partial charge in [0.1, 0.15) is 0 Å². The highest BCUT2D eigenvalue weighted by Crippen LogP contribution is 2.17. The third-order valence-corrected chi connectivity index (χ3v) is 2.61. The van der Waals surface area contributed by atoms with E-state index in [4.69, 9.17) is 5.73 Å². The fourth-order valence-corrected chi connectivity index (χ4v) is 1.54. The molecule has 86 valence electrons. The molecule has 0 unspecified atom stereocenters. The first-order valence-electron chi connectivity index (χ1n) is 5.42. The standard InChI is InChI=1S/C14H14N2O/c1-9-3-5-11(6-4-9)16-13-7-10(2)14(17)8-12(13)15/h3-8H,15H2,1-2H3. The van der Waals surface area contributed by atoms with E-state index in [1.54, 1.807) is 13.0 Å². The molecule has 3 nitrogen and oxygen atoms in total. The number of ketones is 1. The fourth-order valence-electron chi connectivity index (χ4n) is 1.54. The number of benzene rings is 1. The summed E-state index contributed by atoms with van der Waals surface area (Å²) in [6.45, 7) is 3.78. The zero-order valence-corrected chi connectivity index (χ0v) is 9.90. The van der Waals surface area contributed by atoms with E-state index in [1.807, 2.05) is 31.2 Å². The van der Waals surface area contributed by atoms with E-state index < -0.39 is 0 Å². The number of aliphatic imine (C=N–C) groups is 1. The van der Waals surface area contributed by atoms with E-state index in [0.717, 1.165) is 5.69 Å². The smallest absolute Gasteiger partial charge is 0.183 e. The van der Waals surface area contributed by atoms with Crippen molar-refractivity contribution in [2.75, 3.05) is 0 Å². The van der Waals surface area contributed by atoms with Crippen LogP contribution in [-0.2, 0) is 4.79 Å². The lowest BCUT2D eigenvalue weighted by molar-refractivity contribution is -0.111. The number of rotatable bonds is 1. The number of allylic oxidation sites excluding steroid dienone is 3. The average molecular weight is 226 g/mol. The SMILES string of the molecule is CC1=CC(=Nc2ccc(C)cc2)C(N)=CC1=O. The molecule has 1 aromatic rings. The Kier molecular flexibility index (Phi) is 2.91. The highest BCUT2D eigenvalue weighted by molar-refractivity contribution is 6.21. The van der Waals surface area contributed by atoms with Crippen molar-refractivity contribution in [3.05, 3.63) is 53.3 Å². The van der Waals surface area contributed by atoms with Crippen LogP contribution in [0.3, 0.4) is 0 Å². The Morgan fingerprint density at radius 2 is 1.71 bits per heavy atom. The summed E-state index contributed by atoms with van der Waals surface area (Å²) in [5.41, 5.74) is 9.51. The van der Waals surface area contributed by atoms with Crippen LogP contribution in [0.5, 0.6) is 0 Å². The van der Waals surface area contributed by atoms with Gasteiger partial charge in [0.25, 0.3) is 0 Å². The van der Waals surface area contributed by atoms with E-state index in [0.29, 0.717) is 17.0 Å². The third-order valence-electron chi connectivity index (χ3n) is 2.61. The average Bonchev–Trinajstić information content (AvgIpc) is 2.29. The highest BCUT2D eigenvalue weighted by atomic mass is 16.1. The summed E-state index contributed by atoms with van der Waals surface area (Å²) < 4.78 is 0. The lowest BCUT2D eigenvalue weighted by Crippen LogP contribution is -2.17. The van der Waals surface area contributed by atoms with Crippen LogP contribution in [0, 0.1) is 6.92 Å². The lowest BCUT2D eigenvalue weighted by Gasteiger charge is -2.09. The minimum absolute atomic E-state index is 0.0506. The second-order valence-corrected chi connectivity index (χ2v) is 4.12. The molecule has 0 heterocycles. The molecule has 1 aliphatic carbocycles. The first kappa shape index (κ1) is 11.3. The third kappa shape index (κ3) is 2.50. The van der Waals surface area contributed by atoms with Crippen LogP contribution in [0.25, 0.3) is 0 Å². The number of nitrogens with two attached hydrogens (primary N) is 1. The first-order chi connectivity index (χ1) is 8.06. The highest BCUT2D eigenvalue weighted by Gasteiger charge is 2.13. The summed E-state index contributed by atoms with van der Waals surface area (Å²) in [4.78, 5) is 15.8. The van der Waals surface area contributed by atoms with Crippen molar-refractivity contribution < 1.29 is 4.79 Å². The Bertz CT molecular complexity index is 548. The lowest BCUT2D eigenvalue weighted by atomic mass is 10.0. The molecule has 0 aliphatic heterocycles. The minimum atomic E-state index is -0.0506. The summed E-state index contributed by atoms with van der Waals surface area (Å²) in [5, 5.41) is 0. The number of hydrogen-bond acceptors (Lipinski definition) is 3. The molecule has 0 saturated heterocycles. The van der Waals surface area contributed by atoms with Crippen molar-refractivity contribution in [3.63, 3.8) is 0 Å². The summed E-state index contributed by atoms with van der Waals surface area (Å²) in [6, 6.07) is 7.83. The summed E-state index contributed by atoms with van der Waals surface area (Å²) in [5.74, 6) is -0.0506. The normalized spacial score (nSPS) is 18.0. The molecule has 0 radical (unpaired) electrons. The van der Waals surface area contributed by atoms with E-state index in [9.17, 15) is 4.79 Å². The van der Waals surface area contributed by atoms with Crippen LogP contribution in [-0.4, -0.2) is 11.5 Å². The van der Waals surface area contributed by atoms with Gasteiger partial charge in [-0.1, -0.05) is 17.7 Å². The zero-order valence-electron chi connectivity index (χ0n) is 9.90. The largest absolute Gasteiger partial charge is 0.397 e. The van der Waals surface area contributed by atoms with Crippen LogP contribution >= 0.6 is 0 Å². The monoisotopic (exact) mass is 226 g/mol. The summed E-state index contributed by atoms with van der Waals surface area (Å²) in [6.07, 6.45) is 3.14. The van der Waals surface area contributed by atoms with E-state index in [1.165, 1.54) is 11.6 Å². The molecule has 2 rings (SSSR count). The van der Waals surface area contributed by atoms with Gasteiger partial charge >= 0.3 is 0 Å². The second kappa shape index (κ2) is 4.37. The number of hydrogen-bond donors (Lipinski definition) is 1. The Morgan fingerprint density at radius 3 is 2.35 bits per heavy atom. The van der Waals surface area contributed by atoms with E-state index in [-0.39, 0.29) is 5.78 Å². The Labute approximate surface area is 100 Å². The zero-order chi connectivity index (χ0) is 12.4. The van der Waals surface area contributed by atoms with Crippen molar-refractivity contribution in [1.82, 2.24) is 0 Å². The van der Waals surface area contributed by atoms with Gasteiger partial charge in [-0.15, -0.1) is 0 Å². The number of aryl methyl sites for hydroxylation is 1. The van der Waals surface area contributed by atoms with Crippen molar-refractivity contribution >= 4 is 17.2 Å². The number of carbonyl (C=O) groups is 1. The molecule has 0 spiro atoms. The van der Waals surface area contributed by atoms with Crippen molar-refractivity contribution in [1.29, 1.82) is 0 Å². The van der Waals surface area contributed by atoms with Gasteiger partial charge in [-0.05, 0) is 37.6 Å². The van der Waals surface area contributed by atoms with E-state index >= 15 is 0 Å². The maximum atomic E-state index is 11.4. The maximum Gasteiger partial charge on any atom is 0.183 e. The second-order valence-electron chi connectivity index (χ2n) is 4.12. The topological polar surface area (TPSA) is 55.4 Å². The van der Waals surface area contributed by atoms with Crippen molar-refractivity contribution in [2.24, 2.45) is 10.7 Å². The molecule has 0 atom stereocenters. The molecule has 2 N–H and O–H groups in total. The van der Waals surface area contributed by atoms with Gasteiger partial charge in [-0.25, -0.2) is 4.99 Å². The Hall–Kier alpha value is -2.16. The van der Waals surface area contributed by atoms with Gasteiger partial charge in [0.15, 0.2) is 5.78 Å². The Morgan fingerprint density at radius 1 is 1.06 bits per heavy atom. The summed E-state index contributed by atoms with van der Waals surface area (Å²) in [7, 11) is 0. The molecular weight excluding hydrogens is 212 g/mol.